The van der Waals surface area contributed by atoms with Gasteiger partial charge in [-0.15, -0.1) is 0 Å². The second-order valence-corrected chi connectivity index (χ2v) is 5.29. The van der Waals surface area contributed by atoms with Crippen LogP contribution in [0.15, 0.2) is 48.5 Å². The zero-order valence-electron chi connectivity index (χ0n) is 13.7. The Hall–Kier alpha value is -3.22. The number of aryl methyl sites for hydroxylation is 1. The van der Waals surface area contributed by atoms with Gasteiger partial charge in [-0.1, -0.05) is 6.07 Å². The van der Waals surface area contributed by atoms with Crippen LogP contribution in [0.3, 0.4) is 0 Å². The van der Waals surface area contributed by atoms with E-state index < -0.39 is 11.6 Å². The molecule has 3 rings (SSSR count). The van der Waals surface area contributed by atoms with Crippen molar-refractivity contribution in [2.24, 2.45) is 0 Å². The number of ether oxygens (including phenoxy) is 1. The van der Waals surface area contributed by atoms with Crippen LogP contribution in [0, 0.1) is 18.6 Å². The Balaban J connectivity index is 1.84. The van der Waals surface area contributed by atoms with Crippen molar-refractivity contribution in [2.75, 3.05) is 17.7 Å². The quantitative estimate of drug-likeness (QED) is 0.712. The molecule has 1 aromatic heterocycles. The molecule has 128 valence electrons. The van der Waals surface area contributed by atoms with Crippen LogP contribution >= 0.6 is 0 Å². The molecule has 0 bridgehead atoms. The maximum Gasteiger partial charge on any atom is 0.149 e. The summed E-state index contributed by atoms with van der Waals surface area (Å²) >= 11 is 0. The summed E-state index contributed by atoms with van der Waals surface area (Å²) in [6.45, 7) is 1.73. The number of aromatic nitrogens is 2. The smallest absolute Gasteiger partial charge is 0.149 e. The van der Waals surface area contributed by atoms with Gasteiger partial charge in [-0.05, 0) is 31.2 Å². The van der Waals surface area contributed by atoms with Crippen molar-refractivity contribution >= 4 is 23.0 Å². The predicted octanol–water partition coefficient (Wildman–Crippen LogP) is 4.56. The maximum absolute atomic E-state index is 13.8. The Bertz CT molecular complexity index is 902. The highest BCUT2D eigenvalue weighted by Gasteiger charge is 2.08. The van der Waals surface area contributed by atoms with E-state index in [-0.39, 0.29) is 5.69 Å². The molecule has 2 aromatic carbocycles. The number of nitrogens with zero attached hydrogens (tertiary/aromatic N) is 2. The fourth-order valence-corrected chi connectivity index (χ4v) is 2.27. The molecule has 2 N–H and O–H groups in total. The first-order valence-electron chi connectivity index (χ1n) is 7.52. The van der Waals surface area contributed by atoms with Crippen molar-refractivity contribution < 1.29 is 13.5 Å². The van der Waals surface area contributed by atoms with Gasteiger partial charge in [-0.2, -0.15) is 0 Å². The zero-order valence-corrected chi connectivity index (χ0v) is 13.7. The van der Waals surface area contributed by atoms with E-state index in [0.717, 1.165) is 11.8 Å². The van der Waals surface area contributed by atoms with Gasteiger partial charge in [0.15, 0.2) is 0 Å². The molecule has 7 heteroatoms. The SMILES string of the molecule is COc1cccc(Nc2cc(Nc3ccc(F)cc3F)nc(C)n2)c1. The van der Waals surface area contributed by atoms with E-state index in [2.05, 4.69) is 20.6 Å². The monoisotopic (exact) mass is 342 g/mol. The predicted molar refractivity (Wildman–Crippen MR) is 92.7 cm³/mol. The minimum Gasteiger partial charge on any atom is -0.497 e. The Labute approximate surface area is 143 Å². The average Bonchev–Trinajstić information content (AvgIpc) is 2.57. The molecule has 0 amide bonds. The number of hydrogen-bond acceptors (Lipinski definition) is 5. The lowest BCUT2D eigenvalue weighted by molar-refractivity contribution is 0.415. The largest absolute Gasteiger partial charge is 0.497 e. The molecule has 0 atom stereocenters. The Morgan fingerprint density at radius 3 is 2.40 bits per heavy atom. The Kier molecular flexibility index (Phi) is 4.74. The number of anilines is 4. The number of nitrogens with one attached hydrogen (secondary N) is 2. The summed E-state index contributed by atoms with van der Waals surface area (Å²) in [4.78, 5) is 8.53. The van der Waals surface area contributed by atoms with E-state index in [1.807, 2.05) is 24.3 Å². The van der Waals surface area contributed by atoms with E-state index in [1.54, 1.807) is 20.1 Å². The molecule has 0 unspecified atom stereocenters. The second kappa shape index (κ2) is 7.12. The van der Waals surface area contributed by atoms with Gasteiger partial charge in [-0.3, -0.25) is 0 Å². The fourth-order valence-electron chi connectivity index (χ4n) is 2.27. The van der Waals surface area contributed by atoms with Gasteiger partial charge >= 0.3 is 0 Å². The van der Waals surface area contributed by atoms with Gasteiger partial charge in [0.2, 0.25) is 0 Å². The lowest BCUT2D eigenvalue weighted by Crippen LogP contribution is -2.02. The average molecular weight is 342 g/mol. The van der Waals surface area contributed by atoms with Gasteiger partial charge in [-0.25, -0.2) is 18.7 Å². The topological polar surface area (TPSA) is 59.1 Å². The van der Waals surface area contributed by atoms with Gasteiger partial charge in [0, 0.05) is 23.9 Å². The first kappa shape index (κ1) is 16.6. The molecule has 0 radical (unpaired) electrons. The summed E-state index contributed by atoms with van der Waals surface area (Å²) in [7, 11) is 1.59. The molecular formula is C18H16F2N4O. The van der Waals surface area contributed by atoms with E-state index in [1.165, 1.54) is 12.1 Å². The van der Waals surface area contributed by atoms with Crippen molar-refractivity contribution in [1.29, 1.82) is 0 Å². The summed E-state index contributed by atoms with van der Waals surface area (Å²) in [5.74, 6) is 0.801. The molecule has 1 heterocycles. The highest BCUT2D eigenvalue weighted by atomic mass is 19.1. The number of benzene rings is 2. The van der Waals surface area contributed by atoms with E-state index in [0.29, 0.717) is 23.2 Å². The maximum atomic E-state index is 13.8. The molecule has 0 aliphatic carbocycles. The highest BCUT2D eigenvalue weighted by Crippen LogP contribution is 2.24. The third kappa shape index (κ3) is 4.20. The number of halogens is 2. The van der Waals surface area contributed by atoms with Crippen molar-refractivity contribution in [1.82, 2.24) is 9.97 Å². The fraction of sp³-hybridized carbons (Fsp3) is 0.111. The van der Waals surface area contributed by atoms with E-state index in [4.69, 9.17) is 4.74 Å². The molecule has 0 aliphatic heterocycles. The minimum atomic E-state index is -0.696. The summed E-state index contributed by atoms with van der Waals surface area (Å²) in [5, 5.41) is 5.98. The molecule has 0 saturated heterocycles. The first-order valence-corrected chi connectivity index (χ1v) is 7.52. The number of hydrogen-bond donors (Lipinski definition) is 2. The van der Waals surface area contributed by atoms with Crippen molar-refractivity contribution in [3.8, 4) is 5.75 Å². The number of rotatable bonds is 5. The summed E-state index contributed by atoms with van der Waals surface area (Å²) in [6.07, 6.45) is 0. The highest BCUT2D eigenvalue weighted by molar-refractivity contribution is 5.64. The van der Waals surface area contributed by atoms with Crippen LogP contribution in [-0.2, 0) is 0 Å². The molecular weight excluding hydrogens is 326 g/mol. The molecule has 25 heavy (non-hydrogen) atoms. The second-order valence-electron chi connectivity index (χ2n) is 5.29. The Morgan fingerprint density at radius 2 is 1.68 bits per heavy atom. The van der Waals surface area contributed by atoms with Gasteiger partial charge in [0.1, 0.15) is 34.8 Å². The summed E-state index contributed by atoms with van der Waals surface area (Å²) in [5.41, 5.74) is 0.920. The van der Waals surface area contributed by atoms with E-state index >= 15 is 0 Å². The van der Waals surface area contributed by atoms with Crippen molar-refractivity contribution in [2.45, 2.75) is 6.92 Å². The summed E-state index contributed by atoms with van der Waals surface area (Å²) < 4.78 is 32.0. The van der Waals surface area contributed by atoms with Gasteiger partial charge < -0.3 is 15.4 Å². The van der Waals surface area contributed by atoms with E-state index in [9.17, 15) is 8.78 Å². The molecule has 0 fully saturated rings. The van der Waals surface area contributed by atoms with Gasteiger partial charge in [0.25, 0.3) is 0 Å². The molecule has 5 nitrogen and oxygen atoms in total. The number of methoxy groups -OCH3 is 1. The molecule has 0 aliphatic rings. The van der Waals surface area contributed by atoms with Crippen molar-refractivity contribution in [3.05, 3.63) is 66.0 Å². The molecule has 3 aromatic rings. The van der Waals surface area contributed by atoms with Crippen LogP contribution in [0.4, 0.5) is 31.8 Å². The van der Waals surface area contributed by atoms with Crippen LogP contribution < -0.4 is 15.4 Å². The zero-order chi connectivity index (χ0) is 17.8. The van der Waals surface area contributed by atoms with Crippen molar-refractivity contribution in [3.63, 3.8) is 0 Å². The van der Waals surface area contributed by atoms with Crippen LogP contribution in [0.25, 0.3) is 0 Å². The van der Waals surface area contributed by atoms with Crippen LogP contribution in [0.5, 0.6) is 5.75 Å². The molecule has 0 spiro atoms. The van der Waals surface area contributed by atoms with Crippen LogP contribution in [-0.4, -0.2) is 17.1 Å². The normalized spacial score (nSPS) is 10.4. The lowest BCUT2D eigenvalue weighted by Gasteiger charge is -2.11. The lowest BCUT2D eigenvalue weighted by atomic mass is 10.3. The Morgan fingerprint density at radius 1 is 0.920 bits per heavy atom. The minimum absolute atomic E-state index is 0.131. The summed E-state index contributed by atoms with van der Waals surface area (Å²) in [6, 6.07) is 12.3. The first-order chi connectivity index (χ1) is 12.0. The van der Waals surface area contributed by atoms with Gasteiger partial charge in [0.05, 0.1) is 12.8 Å². The standard InChI is InChI=1S/C18H16F2N4O/c1-11-21-17(23-13-4-3-5-14(9-13)25-2)10-18(22-11)24-16-7-6-12(19)8-15(16)20/h3-10H,1-2H3,(H2,21,22,23,24). The third-order valence-corrected chi connectivity index (χ3v) is 3.37. The molecule has 0 saturated carbocycles. The van der Waals surface area contributed by atoms with Crippen LogP contribution in [0.2, 0.25) is 0 Å². The van der Waals surface area contributed by atoms with Crippen LogP contribution in [0.1, 0.15) is 5.82 Å². The third-order valence-electron chi connectivity index (χ3n) is 3.37.